The summed E-state index contributed by atoms with van der Waals surface area (Å²) in [6.07, 6.45) is 1.81. The third-order valence-electron chi connectivity index (χ3n) is 5.37. The Morgan fingerprint density at radius 3 is 2.37 bits per heavy atom. The van der Waals surface area contributed by atoms with E-state index in [4.69, 9.17) is 18.4 Å². The van der Waals surface area contributed by atoms with E-state index >= 15 is 0 Å². The van der Waals surface area contributed by atoms with E-state index in [1.807, 2.05) is 20.8 Å². The Balaban J connectivity index is 1.84. The molecule has 1 unspecified atom stereocenters. The van der Waals surface area contributed by atoms with Crippen LogP contribution in [0.4, 0.5) is 4.79 Å². The topological polar surface area (TPSA) is 103 Å². The SMILES string of the molecule is COc1ccc(S(=O)(=O)Oc2cc(CN(CC3CCCO3)C(=O)NC(C)(C)C)ccc2OC)cc1. The summed E-state index contributed by atoms with van der Waals surface area (Å²) in [4.78, 5) is 14.7. The van der Waals surface area contributed by atoms with Gasteiger partial charge in [-0.05, 0) is 75.6 Å². The van der Waals surface area contributed by atoms with E-state index in [1.54, 1.807) is 35.2 Å². The number of amides is 2. The summed E-state index contributed by atoms with van der Waals surface area (Å²) in [5.74, 6) is 0.827. The Morgan fingerprint density at radius 1 is 1.09 bits per heavy atom. The molecule has 10 heteroatoms. The highest BCUT2D eigenvalue weighted by atomic mass is 32.2. The highest BCUT2D eigenvalue weighted by Crippen LogP contribution is 2.32. The Morgan fingerprint density at radius 2 is 1.80 bits per heavy atom. The second kappa shape index (κ2) is 11.2. The summed E-state index contributed by atoms with van der Waals surface area (Å²) in [5, 5.41) is 2.99. The molecule has 1 aliphatic rings. The van der Waals surface area contributed by atoms with Gasteiger partial charge in [-0.2, -0.15) is 8.42 Å². The maximum absolute atomic E-state index is 13.0. The summed E-state index contributed by atoms with van der Waals surface area (Å²) in [6, 6.07) is 10.7. The molecule has 1 aliphatic heterocycles. The minimum atomic E-state index is -4.12. The lowest BCUT2D eigenvalue weighted by Crippen LogP contribution is -2.50. The molecule has 2 aromatic carbocycles. The minimum Gasteiger partial charge on any atom is -0.497 e. The molecule has 192 valence electrons. The molecule has 1 saturated heterocycles. The predicted molar refractivity (Wildman–Crippen MR) is 131 cm³/mol. The van der Waals surface area contributed by atoms with Crippen molar-refractivity contribution in [3.63, 3.8) is 0 Å². The molecular formula is C25H34N2O7S. The molecule has 0 aromatic heterocycles. The molecule has 1 N–H and O–H groups in total. The van der Waals surface area contributed by atoms with Crippen LogP contribution in [0.15, 0.2) is 47.4 Å². The minimum absolute atomic E-state index is 0.0182. The van der Waals surface area contributed by atoms with Crippen LogP contribution in [0, 0.1) is 0 Å². The van der Waals surface area contributed by atoms with Gasteiger partial charge in [0.25, 0.3) is 0 Å². The van der Waals surface area contributed by atoms with Gasteiger partial charge in [-0.1, -0.05) is 6.07 Å². The largest absolute Gasteiger partial charge is 0.497 e. The van der Waals surface area contributed by atoms with E-state index in [1.165, 1.54) is 26.4 Å². The number of ether oxygens (including phenoxy) is 3. The molecule has 2 aromatic rings. The number of methoxy groups -OCH3 is 2. The van der Waals surface area contributed by atoms with Crippen molar-refractivity contribution in [3.8, 4) is 17.2 Å². The number of urea groups is 1. The second-order valence-electron chi connectivity index (χ2n) is 9.39. The zero-order chi connectivity index (χ0) is 25.6. The van der Waals surface area contributed by atoms with Gasteiger partial charge in [0.05, 0.1) is 20.3 Å². The molecule has 0 aliphatic carbocycles. The quantitative estimate of drug-likeness (QED) is 0.514. The number of rotatable bonds is 9. The molecule has 0 bridgehead atoms. The Kier molecular flexibility index (Phi) is 8.50. The van der Waals surface area contributed by atoms with E-state index in [9.17, 15) is 13.2 Å². The second-order valence-corrected chi connectivity index (χ2v) is 10.9. The smallest absolute Gasteiger partial charge is 0.339 e. The van der Waals surface area contributed by atoms with Crippen molar-refractivity contribution < 1.29 is 31.6 Å². The zero-order valence-corrected chi connectivity index (χ0v) is 21.7. The monoisotopic (exact) mass is 506 g/mol. The van der Waals surface area contributed by atoms with Crippen molar-refractivity contribution in [1.29, 1.82) is 0 Å². The van der Waals surface area contributed by atoms with Gasteiger partial charge in [0.15, 0.2) is 11.5 Å². The third-order valence-corrected chi connectivity index (χ3v) is 6.61. The van der Waals surface area contributed by atoms with Crippen LogP contribution in [0.3, 0.4) is 0 Å². The first kappa shape index (κ1) is 26.6. The van der Waals surface area contributed by atoms with E-state index in [0.29, 0.717) is 24.5 Å². The lowest BCUT2D eigenvalue weighted by Gasteiger charge is -2.30. The summed E-state index contributed by atoms with van der Waals surface area (Å²) in [5.41, 5.74) is 0.278. The molecule has 1 fully saturated rings. The number of nitrogens with one attached hydrogen (secondary N) is 1. The van der Waals surface area contributed by atoms with Gasteiger partial charge in [0.2, 0.25) is 0 Å². The van der Waals surface area contributed by atoms with E-state index in [2.05, 4.69) is 5.32 Å². The van der Waals surface area contributed by atoms with Crippen molar-refractivity contribution in [2.75, 3.05) is 27.4 Å². The summed E-state index contributed by atoms with van der Waals surface area (Å²) in [6.45, 7) is 7.09. The highest BCUT2D eigenvalue weighted by molar-refractivity contribution is 7.87. The van der Waals surface area contributed by atoms with Crippen LogP contribution in [-0.2, 0) is 21.4 Å². The first-order chi connectivity index (χ1) is 16.5. The highest BCUT2D eigenvalue weighted by Gasteiger charge is 2.26. The van der Waals surface area contributed by atoms with Gasteiger partial charge in [-0.3, -0.25) is 0 Å². The van der Waals surface area contributed by atoms with Gasteiger partial charge >= 0.3 is 16.1 Å². The van der Waals surface area contributed by atoms with Gasteiger partial charge < -0.3 is 28.6 Å². The van der Waals surface area contributed by atoms with Crippen LogP contribution in [0.25, 0.3) is 0 Å². The molecule has 0 spiro atoms. The number of carbonyl (C=O) groups is 1. The molecule has 3 rings (SSSR count). The molecule has 0 saturated carbocycles. The molecule has 35 heavy (non-hydrogen) atoms. The van der Waals surface area contributed by atoms with Crippen molar-refractivity contribution in [1.82, 2.24) is 10.2 Å². The van der Waals surface area contributed by atoms with E-state index in [-0.39, 0.29) is 35.1 Å². The number of benzene rings is 2. The maximum Gasteiger partial charge on any atom is 0.339 e. The molecule has 1 heterocycles. The standard InChI is InChI=1S/C25H34N2O7S/c1-25(2,3)26-24(28)27(17-20-7-6-14-33-20)16-18-8-13-22(32-5)23(15-18)34-35(29,30)21-11-9-19(31-4)10-12-21/h8-13,15,20H,6-7,14,16-17H2,1-5H3,(H,26,28). The van der Waals surface area contributed by atoms with Crippen LogP contribution >= 0.6 is 0 Å². The fourth-order valence-electron chi connectivity index (χ4n) is 3.67. The molecule has 0 radical (unpaired) electrons. The predicted octanol–water partition coefficient (Wildman–Crippen LogP) is 3.96. The summed E-state index contributed by atoms with van der Waals surface area (Å²) in [7, 11) is -1.19. The molecular weight excluding hydrogens is 472 g/mol. The third kappa shape index (κ3) is 7.50. The first-order valence-corrected chi connectivity index (χ1v) is 12.9. The fourth-order valence-corrected chi connectivity index (χ4v) is 4.60. The molecule has 9 nitrogen and oxygen atoms in total. The Hall–Kier alpha value is -2.98. The van der Waals surface area contributed by atoms with Crippen molar-refractivity contribution in [3.05, 3.63) is 48.0 Å². The lowest BCUT2D eigenvalue weighted by atomic mass is 10.1. The van der Waals surface area contributed by atoms with Crippen molar-refractivity contribution in [2.45, 2.75) is 56.7 Å². The van der Waals surface area contributed by atoms with Crippen molar-refractivity contribution >= 4 is 16.1 Å². The first-order valence-electron chi connectivity index (χ1n) is 11.4. The average Bonchev–Trinajstić information content (AvgIpc) is 3.31. The van der Waals surface area contributed by atoms with Crippen LogP contribution in [0.2, 0.25) is 0 Å². The van der Waals surface area contributed by atoms with Gasteiger partial charge in [0, 0.05) is 25.2 Å². The maximum atomic E-state index is 13.0. The van der Waals surface area contributed by atoms with Crippen molar-refractivity contribution in [2.24, 2.45) is 0 Å². The summed E-state index contributed by atoms with van der Waals surface area (Å²) < 4.78 is 47.4. The average molecular weight is 507 g/mol. The Labute approximate surface area is 207 Å². The van der Waals surface area contributed by atoms with Crippen LogP contribution in [-0.4, -0.2) is 58.4 Å². The molecule has 2 amide bonds. The summed E-state index contributed by atoms with van der Waals surface area (Å²) >= 11 is 0. The zero-order valence-electron chi connectivity index (χ0n) is 20.9. The van der Waals surface area contributed by atoms with Gasteiger partial charge in [-0.15, -0.1) is 0 Å². The lowest BCUT2D eigenvalue weighted by molar-refractivity contribution is 0.0782. The number of hydrogen-bond acceptors (Lipinski definition) is 7. The molecule has 1 atom stereocenters. The Bertz CT molecular complexity index is 1110. The van der Waals surface area contributed by atoms with Gasteiger partial charge in [-0.25, -0.2) is 4.79 Å². The number of nitrogens with zero attached hydrogens (tertiary/aromatic N) is 1. The van der Waals surface area contributed by atoms with Crippen LogP contribution < -0.4 is 19.0 Å². The van der Waals surface area contributed by atoms with Gasteiger partial charge in [0.1, 0.15) is 10.6 Å². The van der Waals surface area contributed by atoms with E-state index in [0.717, 1.165) is 12.8 Å². The number of carbonyl (C=O) groups excluding carboxylic acids is 1. The number of hydrogen-bond donors (Lipinski definition) is 1. The van der Waals surface area contributed by atoms with Crippen LogP contribution in [0.5, 0.6) is 17.2 Å². The fraction of sp³-hybridized carbons (Fsp3) is 0.480. The van der Waals surface area contributed by atoms with E-state index < -0.39 is 15.7 Å². The van der Waals surface area contributed by atoms with Crippen LogP contribution in [0.1, 0.15) is 39.2 Å². The normalized spacial score (nSPS) is 16.0.